The van der Waals surface area contributed by atoms with E-state index in [1.165, 1.54) is 55.3 Å². The molecule has 1 unspecified atom stereocenters. The molecule has 0 aliphatic rings. The maximum Gasteiger partial charge on any atom is 0.328 e. The number of amides is 3. The number of benzene rings is 3. The summed E-state index contributed by atoms with van der Waals surface area (Å²) in [5.74, 6) is -3.22. The van der Waals surface area contributed by atoms with Crippen LogP contribution in [0.4, 0.5) is 0 Å². The van der Waals surface area contributed by atoms with Gasteiger partial charge in [-0.3, -0.25) is 24.1 Å². The lowest BCUT2D eigenvalue weighted by Gasteiger charge is -2.36. The predicted molar refractivity (Wildman–Crippen MR) is 219 cm³/mol. The van der Waals surface area contributed by atoms with Crippen molar-refractivity contribution in [2.75, 3.05) is 42.4 Å². The molecule has 0 saturated heterocycles. The van der Waals surface area contributed by atoms with Gasteiger partial charge in [-0.1, -0.05) is 64.1 Å². The van der Waals surface area contributed by atoms with Crippen molar-refractivity contribution < 1.29 is 48.4 Å². The number of phenolic OH excluding ortho intramolecular Hbond substituents is 2. The third kappa shape index (κ3) is 12.7. The van der Waals surface area contributed by atoms with Gasteiger partial charge in [0.05, 0.1) is 14.2 Å². The second-order valence-corrected chi connectivity index (χ2v) is 15.2. The third-order valence-electron chi connectivity index (χ3n) is 10.5. The van der Waals surface area contributed by atoms with Gasteiger partial charge in [-0.2, -0.15) is 0 Å². The van der Waals surface area contributed by atoms with Crippen LogP contribution in [-0.2, 0) is 52.7 Å². The van der Waals surface area contributed by atoms with E-state index in [0.29, 0.717) is 29.7 Å². The van der Waals surface area contributed by atoms with Gasteiger partial charge in [0.25, 0.3) is 5.91 Å². The van der Waals surface area contributed by atoms with Gasteiger partial charge in [-0.25, -0.2) is 4.79 Å². The Morgan fingerprint density at radius 1 is 0.638 bits per heavy atom. The van der Waals surface area contributed by atoms with Crippen molar-refractivity contribution in [2.24, 2.45) is 11.8 Å². The summed E-state index contributed by atoms with van der Waals surface area (Å²) in [5, 5.41) is 22.6. The van der Waals surface area contributed by atoms with E-state index >= 15 is 0 Å². The van der Waals surface area contributed by atoms with E-state index in [9.17, 15) is 34.2 Å². The van der Waals surface area contributed by atoms with Gasteiger partial charge in [0.1, 0.15) is 41.4 Å². The fourth-order valence-corrected chi connectivity index (χ4v) is 6.43. The number of rotatable bonds is 20. The van der Waals surface area contributed by atoms with Crippen molar-refractivity contribution in [2.45, 2.75) is 83.6 Å². The Balaban J connectivity index is 1.92. The number of likely N-dealkylation sites (N-methyl/N-ethyl adjacent to an activating group) is 3. The molecule has 3 N–H and O–H groups in total. The number of carbonyl (C=O) groups excluding carboxylic acids is 5. The SMILES string of the molecule is CC[C@@H](C)[C@@H](OC(=O)[C@@H](Cc1ccc(OC)cc1)N(C)C)C(=O)N[C@@H](C(=O)N(C)C(Cc1ccc(O)cc1)C(=O)N(C)[C@H](Cc1ccc(O)cc1)C(=O)OC)C(C)C. The molecule has 0 saturated carbocycles. The molecule has 0 spiro atoms. The largest absolute Gasteiger partial charge is 0.508 e. The summed E-state index contributed by atoms with van der Waals surface area (Å²) < 4.78 is 16.3. The number of hydrogen-bond acceptors (Lipinski definition) is 11. The molecule has 14 heteroatoms. The smallest absolute Gasteiger partial charge is 0.328 e. The molecule has 3 aromatic carbocycles. The van der Waals surface area contributed by atoms with Crippen LogP contribution in [0.1, 0.15) is 50.8 Å². The van der Waals surface area contributed by atoms with Gasteiger partial charge in [0.15, 0.2) is 6.10 Å². The van der Waals surface area contributed by atoms with Crippen molar-refractivity contribution in [3.8, 4) is 17.2 Å². The Bertz CT molecular complexity index is 1820. The van der Waals surface area contributed by atoms with Crippen LogP contribution >= 0.6 is 0 Å². The summed E-state index contributed by atoms with van der Waals surface area (Å²) in [6.07, 6.45) is -0.341. The third-order valence-corrected chi connectivity index (χ3v) is 10.5. The van der Waals surface area contributed by atoms with Crippen LogP contribution < -0.4 is 10.1 Å². The molecule has 0 bridgehead atoms. The van der Waals surface area contributed by atoms with Crippen molar-refractivity contribution in [1.82, 2.24) is 20.0 Å². The number of aromatic hydroxyl groups is 2. The number of esters is 2. The fraction of sp³-hybridized carbons (Fsp3) is 0.477. The summed E-state index contributed by atoms with van der Waals surface area (Å²) in [6, 6.07) is 15.6. The van der Waals surface area contributed by atoms with E-state index in [1.807, 2.05) is 19.1 Å². The van der Waals surface area contributed by atoms with Crippen LogP contribution in [0.3, 0.4) is 0 Å². The molecule has 14 nitrogen and oxygen atoms in total. The molecule has 0 radical (unpaired) electrons. The first-order valence-electron chi connectivity index (χ1n) is 19.4. The van der Waals surface area contributed by atoms with Crippen molar-refractivity contribution >= 4 is 29.7 Å². The van der Waals surface area contributed by atoms with Crippen LogP contribution in [0, 0.1) is 11.8 Å². The maximum atomic E-state index is 14.5. The number of nitrogens with one attached hydrogen (secondary N) is 1. The number of hydrogen-bond donors (Lipinski definition) is 3. The van der Waals surface area contributed by atoms with Gasteiger partial charge in [-0.05, 0) is 85.9 Å². The van der Waals surface area contributed by atoms with Crippen LogP contribution in [0.2, 0.25) is 0 Å². The lowest BCUT2D eigenvalue weighted by atomic mass is 9.96. The van der Waals surface area contributed by atoms with E-state index in [1.54, 1.807) is 83.3 Å². The van der Waals surface area contributed by atoms with Gasteiger partial charge >= 0.3 is 11.9 Å². The molecule has 0 aliphatic carbocycles. The van der Waals surface area contributed by atoms with Crippen LogP contribution in [0.5, 0.6) is 17.2 Å². The first-order valence-corrected chi connectivity index (χ1v) is 19.4. The number of phenols is 2. The standard InChI is InChI=1S/C44H60N4O10/c1-11-28(4)39(58-44(55)36(46(5)6)25-31-16-22-34(56-9)23-17-31)40(51)45-38(27(2)3)42(53)47(7)35(24-29-12-18-32(49)19-13-29)41(52)48(8)37(43(54)57-10)26-30-14-20-33(50)21-15-30/h12-23,27-28,35-39,49-50H,11,24-26H2,1-10H3,(H,45,51)/t28-,35?,36-,37-,38-,39-/m1/s1. The monoisotopic (exact) mass is 804 g/mol. The highest BCUT2D eigenvalue weighted by atomic mass is 16.6. The van der Waals surface area contributed by atoms with E-state index in [-0.39, 0.29) is 24.3 Å². The molecule has 0 aliphatic heterocycles. The molecular weight excluding hydrogens is 745 g/mol. The lowest BCUT2D eigenvalue weighted by molar-refractivity contribution is -0.164. The quantitative estimate of drug-likeness (QED) is 0.141. The van der Waals surface area contributed by atoms with E-state index in [0.717, 1.165) is 5.56 Å². The molecule has 0 aromatic heterocycles. The Labute approximate surface area is 342 Å². The second-order valence-electron chi connectivity index (χ2n) is 15.2. The van der Waals surface area contributed by atoms with Crippen LogP contribution in [-0.4, -0.2) is 127 Å². The molecular formula is C44H60N4O10. The molecule has 58 heavy (non-hydrogen) atoms. The van der Waals surface area contributed by atoms with Crippen molar-refractivity contribution in [1.29, 1.82) is 0 Å². The van der Waals surface area contributed by atoms with Gasteiger partial charge < -0.3 is 39.5 Å². The molecule has 0 heterocycles. The maximum absolute atomic E-state index is 14.5. The summed E-state index contributed by atoms with van der Waals surface area (Å²) >= 11 is 0. The highest BCUT2D eigenvalue weighted by Crippen LogP contribution is 2.22. The zero-order valence-electron chi connectivity index (χ0n) is 35.3. The molecule has 316 valence electrons. The summed E-state index contributed by atoms with van der Waals surface area (Å²) in [7, 11) is 9.21. The van der Waals surface area contributed by atoms with Gasteiger partial charge in [0, 0.05) is 32.9 Å². The van der Waals surface area contributed by atoms with Gasteiger partial charge in [0.2, 0.25) is 11.8 Å². The average molecular weight is 805 g/mol. The van der Waals surface area contributed by atoms with Crippen LogP contribution in [0.15, 0.2) is 72.8 Å². The number of ether oxygens (including phenoxy) is 3. The topological polar surface area (TPSA) is 175 Å². The minimum atomic E-state index is -1.23. The predicted octanol–water partition coefficient (Wildman–Crippen LogP) is 3.99. The summed E-state index contributed by atoms with van der Waals surface area (Å²) in [5.41, 5.74) is 2.15. The Kier molecular flexibility index (Phi) is 17.5. The molecule has 3 aromatic rings. The highest BCUT2D eigenvalue weighted by molar-refractivity contribution is 5.95. The van der Waals surface area contributed by atoms with Crippen molar-refractivity contribution in [3.05, 3.63) is 89.5 Å². The van der Waals surface area contributed by atoms with Crippen LogP contribution in [0.25, 0.3) is 0 Å². The molecule has 6 atom stereocenters. The van der Waals surface area contributed by atoms with E-state index in [4.69, 9.17) is 14.2 Å². The second kappa shape index (κ2) is 21.8. The first-order chi connectivity index (χ1) is 27.4. The van der Waals surface area contributed by atoms with Crippen molar-refractivity contribution in [3.63, 3.8) is 0 Å². The Hall–Kier alpha value is -5.63. The number of nitrogens with zero attached hydrogens (tertiary/aromatic N) is 3. The number of carbonyl (C=O) groups is 5. The molecule has 3 rings (SSSR count). The zero-order chi connectivity index (χ0) is 43.3. The van der Waals surface area contributed by atoms with E-state index < -0.39 is 71.8 Å². The average Bonchev–Trinajstić information content (AvgIpc) is 3.21. The summed E-state index contributed by atoms with van der Waals surface area (Å²) in [6.45, 7) is 7.18. The fourth-order valence-electron chi connectivity index (χ4n) is 6.43. The minimum absolute atomic E-state index is 0.00475. The number of methoxy groups -OCH3 is 2. The summed E-state index contributed by atoms with van der Waals surface area (Å²) in [4.78, 5) is 74.2. The van der Waals surface area contributed by atoms with E-state index in [2.05, 4.69) is 5.32 Å². The zero-order valence-corrected chi connectivity index (χ0v) is 35.3. The molecule has 0 fully saturated rings. The van der Waals surface area contributed by atoms with Gasteiger partial charge in [-0.15, -0.1) is 0 Å². The Morgan fingerprint density at radius 3 is 1.52 bits per heavy atom. The minimum Gasteiger partial charge on any atom is -0.508 e. The highest BCUT2D eigenvalue weighted by Gasteiger charge is 2.40. The molecule has 3 amide bonds. The first kappa shape index (κ1) is 46.8. The normalized spacial score (nSPS) is 14.3. The lowest BCUT2D eigenvalue weighted by Crippen LogP contribution is -2.59. The Morgan fingerprint density at radius 2 is 1.09 bits per heavy atom.